The Morgan fingerprint density at radius 1 is 0.800 bits per heavy atom. The summed E-state index contributed by atoms with van der Waals surface area (Å²) in [6.45, 7) is 0. The lowest BCUT2D eigenvalue weighted by Crippen LogP contribution is -2.25. The molecule has 0 unspecified atom stereocenters. The van der Waals surface area contributed by atoms with E-state index in [0.29, 0.717) is 5.56 Å². The molecular weight excluding hydrogens is 248 g/mol. The van der Waals surface area contributed by atoms with Gasteiger partial charge in [-0.05, 0) is 45.3 Å². The molecule has 97 valence electrons. The van der Waals surface area contributed by atoms with Gasteiger partial charge in [0.15, 0.2) is 0 Å². The molecule has 0 bridgehead atoms. The van der Waals surface area contributed by atoms with Crippen molar-refractivity contribution in [2.24, 2.45) is 0 Å². The minimum Gasteiger partial charge on any atom is -0.359 e. The zero-order valence-corrected chi connectivity index (χ0v) is 10.7. The molecule has 0 amide bonds. The van der Waals surface area contributed by atoms with Gasteiger partial charge in [0.2, 0.25) is 5.79 Å². The maximum Gasteiger partial charge on any atom is 0.210 e. The number of hydrogen-bond donors (Lipinski definition) is 2. The number of hydrogen-bond acceptors (Lipinski definition) is 2. The van der Waals surface area contributed by atoms with Gasteiger partial charge >= 0.3 is 0 Å². The van der Waals surface area contributed by atoms with Gasteiger partial charge in [-0.1, -0.05) is 42.5 Å². The van der Waals surface area contributed by atoms with E-state index < -0.39 is 5.79 Å². The predicted octanol–water partition coefficient (Wildman–Crippen LogP) is 3.25. The van der Waals surface area contributed by atoms with Crippen LogP contribution in [0.3, 0.4) is 0 Å². The molecule has 4 rings (SSSR count). The SMILES string of the molecule is OC1(O)C=C[CH]c2c1ccc1cc3ccccc3cc21. The first-order valence-electron chi connectivity index (χ1n) is 6.58. The smallest absolute Gasteiger partial charge is 0.210 e. The minimum atomic E-state index is -1.89. The van der Waals surface area contributed by atoms with Crippen LogP contribution in [0.4, 0.5) is 0 Å². The summed E-state index contributed by atoms with van der Waals surface area (Å²) in [6.07, 6.45) is 5.01. The van der Waals surface area contributed by atoms with Gasteiger partial charge in [-0.2, -0.15) is 0 Å². The molecule has 0 aromatic heterocycles. The lowest BCUT2D eigenvalue weighted by Gasteiger charge is -2.25. The maximum absolute atomic E-state index is 10.0. The van der Waals surface area contributed by atoms with E-state index >= 15 is 0 Å². The third kappa shape index (κ3) is 1.59. The lowest BCUT2D eigenvalue weighted by atomic mass is 9.87. The Balaban J connectivity index is 2.11. The molecule has 0 atom stereocenters. The second-order valence-electron chi connectivity index (χ2n) is 5.20. The second-order valence-corrected chi connectivity index (χ2v) is 5.20. The van der Waals surface area contributed by atoms with Crippen LogP contribution in [-0.2, 0) is 5.79 Å². The number of aliphatic hydroxyl groups is 2. The van der Waals surface area contributed by atoms with E-state index in [1.807, 2.05) is 24.6 Å². The summed E-state index contributed by atoms with van der Waals surface area (Å²) >= 11 is 0. The number of benzene rings is 3. The van der Waals surface area contributed by atoms with Crippen molar-refractivity contribution in [3.05, 3.63) is 78.2 Å². The third-order valence-corrected chi connectivity index (χ3v) is 3.92. The van der Waals surface area contributed by atoms with Crippen LogP contribution >= 0.6 is 0 Å². The molecule has 1 radical (unpaired) electrons. The average Bonchev–Trinajstić information content (AvgIpc) is 2.44. The molecule has 0 heterocycles. The highest BCUT2D eigenvalue weighted by atomic mass is 16.5. The van der Waals surface area contributed by atoms with E-state index in [-0.39, 0.29) is 0 Å². The average molecular weight is 261 g/mol. The summed E-state index contributed by atoms with van der Waals surface area (Å²) in [6, 6.07) is 16.1. The molecule has 20 heavy (non-hydrogen) atoms. The van der Waals surface area contributed by atoms with Gasteiger partial charge in [0.05, 0.1) is 0 Å². The molecule has 0 saturated heterocycles. The van der Waals surface area contributed by atoms with Crippen LogP contribution in [0.2, 0.25) is 0 Å². The van der Waals surface area contributed by atoms with Crippen molar-refractivity contribution in [2.45, 2.75) is 5.79 Å². The second kappa shape index (κ2) is 3.92. The van der Waals surface area contributed by atoms with Gasteiger partial charge in [0.25, 0.3) is 0 Å². The Bertz CT molecular complexity index is 860. The highest BCUT2D eigenvalue weighted by Gasteiger charge is 2.29. The fourth-order valence-electron chi connectivity index (χ4n) is 2.91. The van der Waals surface area contributed by atoms with Gasteiger partial charge in [-0.3, -0.25) is 0 Å². The summed E-state index contributed by atoms with van der Waals surface area (Å²) in [5, 5.41) is 24.6. The van der Waals surface area contributed by atoms with Crippen LogP contribution in [0.25, 0.3) is 21.5 Å². The van der Waals surface area contributed by atoms with Gasteiger partial charge in [0, 0.05) is 12.0 Å². The molecule has 0 spiro atoms. The molecule has 0 fully saturated rings. The fraction of sp³-hybridized carbons (Fsp3) is 0.0556. The first kappa shape index (κ1) is 11.6. The van der Waals surface area contributed by atoms with E-state index in [1.54, 1.807) is 12.1 Å². The lowest BCUT2D eigenvalue weighted by molar-refractivity contribution is -0.126. The Morgan fingerprint density at radius 2 is 1.55 bits per heavy atom. The Kier molecular flexibility index (Phi) is 2.28. The van der Waals surface area contributed by atoms with Gasteiger partial charge in [-0.25, -0.2) is 0 Å². The number of fused-ring (bicyclic) bond motifs is 4. The van der Waals surface area contributed by atoms with Crippen LogP contribution in [0.15, 0.2) is 60.7 Å². The summed E-state index contributed by atoms with van der Waals surface area (Å²) < 4.78 is 0. The Morgan fingerprint density at radius 3 is 2.35 bits per heavy atom. The maximum atomic E-state index is 10.0. The van der Waals surface area contributed by atoms with E-state index in [0.717, 1.165) is 21.7 Å². The summed E-state index contributed by atoms with van der Waals surface area (Å²) in [5.74, 6) is -1.89. The largest absolute Gasteiger partial charge is 0.359 e. The number of rotatable bonds is 0. The molecule has 3 aromatic carbocycles. The Hall–Kier alpha value is -2.16. The van der Waals surface area contributed by atoms with Crippen LogP contribution in [0, 0.1) is 6.42 Å². The molecule has 0 saturated carbocycles. The van der Waals surface area contributed by atoms with Crippen molar-refractivity contribution in [1.29, 1.82) is 0 Å². The Labute approximate surface area is 116 Å². The molecule has 1 aliphatic carbocycles. The molecule has 0 aliphatic heterocycles. The zero-order chi connectivity index (χ0) is 13.7. The van der Waals surface area contributed by atoms with Crippen molar-refractivity contribution < 1.29 is 10.2 Å². The molecule has 1 aliphatic rings. The van der Waals surface area contributed by atoms with Crippen molar-refractivity contribution in [3.63, 3.8) is 0 Å². The van der Waals surface area contributed by atoms with Crippen LogP contribution in [0.1, 0.15) is 11.1 Å². The predicted molar refractivity (Wildman–Crippen MR) is 80.1 cm³/mol. The number of allylic oxidation sites excluding steroid dienone is 1. The minimum absolute atomic E-state index is 0.530. The third-order valence-electron chi connectivity index (χ3n) is 3.92. The van der Waals surface area contributed by atoms with Gasteiger partial charge in [0.1, 0.15) is 0 Å². The molecule has 2 N–H and O–H groups in total. The molecular formula is C18H13O2. The van der Waals surface area contributed by atoms with Gasteiger partial charge in [-0.15, -0.1) is 0 Å². The molecule has 2 nitrogen and oxygen atoms in total. The standard InChI is InChI=1S/C18H13O2/c19-18(20)9-3-6-15-16-11-13-5-2-1-4-12(13)10-14(16)7-8-17(15)18/h1-11,19-20H. The zero-order valence-electron chi connectivity index (χ0n) is 10.7. The monoisotopic (exact) mass is 261 g/mol. The van der Waals surface area contributed by atoms with E-state index in [1.165, 1.54) is 11.5 Å². The van der Waals surface area contributed by atoms with Crippen molar-refractivity contribution in [3.8, 4) is 0 Å². The van der Waals surface area contributed by atoms with E-state index in [9.17, 15) is 10.2 Å². The molecule has 3 aromatic rings. The fourth-order valence-corrected chi connectivity index (χ4v) is 2.91. The topological polar surface area (TPSA) is 40.5 Å². The van der Waals surface area contributed by atoms with Crippen molar-refractivity contribution >= 4 is 21.5 Å². The van der Waals surface area contributed by atoms with Crippen molar-refractivity contribution in [2.75, 3.05) is 0 Å². The van der Waals surface area contributed by atoms with E-state index in [4.69, 9.17) is 0 Å². The highest BCUT2D eigenvalue weighted by molar-refractivity contribution is 6.00. The quantitative estimate of drug-likeness (QED) is 0.481. The van der Waals surface area contributed by atoms with E-state index in [2.05, 4.69) is 24.3 Å². The van der Waals surface area contributed by atoms with Crippen LogP contribution in [0.5, 0.6) is 0 Å². The first-order valence-corrected chi connectivity index (χ1v) is 6.58. The van der Waals surface area contributed by atoms with Crippen LogP contribution < -0.4 is 0 Å². The highest BCUT2D eigenvalue weighted by Crippen LogP contribution is 2.36. The molecule has 2 heteroatoms. The summed E-state index contributed by atoms with van der Waals surface area (Å²) in [4.78, 5) is 0. The first-order chi connectivity index (χ1) is 9.65. The van der Waals surface area contributed by atoms with Crippen molar-refractivity contribution in [1.82, 2.24) is 0 Å². The summed E-state index contributed by atoms with van der Waals surface area (Å²) in [5.41, 5.74) is 1.41. The normalized spacial score (nSPS) is 16.5. The summed E-state index contributed by atoms with van der Waals surface area (Å²) in [7, 11) is 0. The van der Waals surface area contributed by atoms with Gasteiger partial charge < -0.3 is 10.2 Å². The van der Waals surface area contributed by atoms with Crippen LogP contribution in [-0.4, -0.2) is 10.2 Å².